The number of carbonyl (C=O) groups excluding carboxylic acids is 1. The molecule has 0 radical (unpaired) electrons. The number of nitrogens with zero attached hydrogens (tertiary/aromatic N) is 3. The van der Waals surface area contributed by atoms with Gasteiger partial charge >= 0.3 is 0 Å². The van der Waals surface area contributed by atoms with E-state index in [2.05, 4.69) is 4.98 Å². The number of nitriles is 1. The van der Waals surface area contributed by atoms with E-state index in [-0.39, 0.29) is 11.9 Å². The topological polar surface area (TPSA) is 83.0 Å². The normalized spacial score (nSPS) is 18.9. The van der Waals surface area contributed by atoms with Crippen LogP contribution in [-0.2, 0) is 0 Å². The quantitative estimate of drug-likeness (QED) is 0.885. The first-order valence-corrected chi connectivity index (χ1v) is 6.63. The molecule has 1 aromatic heterocycles. The second kappa shape index (κ2) is 6.30. The van der Waals surface area contributed by atoms with Crippen LogP contribution in [0.3, 0.4) is 0 Å². The van der Waals surface area contributed by atoms with Crippen LogP contribution >= 0.6 is 0 Å². The second-order valence-corrected chi connectivity index (χ2v) is 4.77. The molecule has 0 spiro atoms. The minimum absolute atomic E-state index is 0.0531. The molecule has 1 aromatic rings. The molecule has 1 aliphatic heterocycles. The van der Waals surface area contributed by atoms with Crippen molar-refractivity contribution in [3.63, 3.8) is 0 Å². The molecule has 2 N–H and O–H groups in total. The summed E-state index contributed by atoms with van der Waals surface area (Å²) in [6.45, 7) is 1.36. The molecule has 19 heavy (non-hydrogen) atoms. The average molecular weight is 258 g/mol. The van der Waals surface area contributed by atoms with Gasteiger partial charge in [0.25, 0.3) is 5.91 Å². The van der Waals surface area contributed by atoms with E-state index >= 15 is 0 Å². The second-order valence-electron chi connectivity index (χ2n) is 4.77. The Labute approximate surface area is 113 Å². The van der Waals surface area contributed by atoms with Crippen LogP contribution in [0.15, 0.2) is 18.3 Å². The number of amides is 1. The Morgan fingerprint density at radius 2 is 2.37 bits per heavy atom. The van der Waals surface area contributed by atoms with Gasteiger partial charge in [0.1, 0.15) is 11.8 Å². The predicted molar refractivity (Wildman–Crippen MR) is 71.3 cm³/mol. The zero-order chi connectivity index (χ0) is 13.7. The Kier molecular flexibility index (Phi) is 4.48. The fourth-order valence-electron chi connectivity index (χ4n) is 2.49. The number of hydrogen-bond donors (Lipinski definition) is 1. The smallest absolute Gasteiger partial charge is 0.272 e. The van der Waals surface area contributed by atoms with Crippen LogP contribution in [0.4, 0.5) is 0 Å². The fraction of sp³-hybridized carbons (Fsp3) is 0.500. The monoisotopic (exact) mass is 258 g/mol. The molecular formula is C14H18N4O. The maximum Gasteiger partial charge on any atom is 0.272 e. The van der Waals surface area contributed by atoms with Crippen LogP contribution in [0.25, 0.3) is 0 Å². The van der Waals surface area contributed by atoms with Gasteiger partial charge in [-0.3, -0.25) is 4.79 Å². The molecule has 1 unspecified atom stereocenters. The molecule has 0 aromatic carbocycles. The fourth-order valence-corrected chi connectivity index (χ4v) is 2.49. The summed E-state index contributed by atoms with van der Waals surface area (Å²) in [5.74, 6) is -0.0531. The van der Waals surface area contributed by atoms with E-state index in [0.717, 1.165) is 32.2 Å². The van der Waals surface area contributed by atoms with E-state index in [1.54, 1.807) is 12.1 Å². The molecule has 2 rings (SSSR count). The lowest BCUT2D eigenvalue weighted by molar-refractivity contribution is 0.0599. The summed E-state index contributed by atoms with van der Waals surface area (Å²) < 4.78 is 0. The van der Waals surface area contributed by atoms with Gasteiger partial charge in [0.15, 0.2) is 0 Å². The molecule has 2 heterocycles. The maximum absolute atomic E-state index is 12.4. The Bertz CT molecular complexity index is 475. The summed E-state index contributed by atoms with van der Waals surface area (Å²) in [4.78, 5) is 18.4. The molecule has 0 saturated carbocycles. The highest BCUT2D eigenvalue weighted by molar-refractivity contribution is 5.92. The van der Waals surface area contributed by atoms with E-state index in [1.807, 2.05) is 11.0 Å². The first-order valence-electron chi connectivity index (χ1n) is 6.63. The molecule has 5 nitrogen and oxygen atoms in total. The third-order valence-electron chi connectivity index (χ3n) is 3.50. The van der Waals surface area contributed by atoms with Gasteiger partial charge in [-0.25, -0.2) is 4.98 Å². The van der Waals surface area contributed by atoms with Crippen LogP contribution in [0, 0.1) is 11.3 Å². The minimum Gasteiger partial charge on any atom is -0.334 e. The van der Waals surface area contributed by atoms with Gasteiger partial charge in [-0.15, -0.1) is 0 Å². The third-order valence-corrected chi connectivity index (χ3v) is 3.50. The molecule has 0 aliphatic carbocycles. The molecule has 100 valence electrons. The number of rotatable bonds is 3. The number of nitrogens with two attached hydrogens (primary N) is 1. The molecule has 1 atom stereocenters. The van der Waals surface area contributed by atoms with Crippen molar-refractivity contribution in [2.45, 2.75) is 31.7 Å². The first kappa shape index (κ1) is 13.5. The molecule has 5 heteroatoms. The van der Waals surface area contributed by atoms with Crippen molar-refractivity contribution < 1.29 is 4.79 Å². The molecule has 1 aliphatic rings. The Morgan fingerprint density at radius 1 is 1.53 bits per heavy atom. The first-order chi connectivity index (χ1) is 9.26. The highest BCUT2D eigenvalue weighted by Gasteiger charge is 2.27. The largest absolute Gasteiger partial charge is 0.334 e. The third kappa shape index (κ3) is 3.09. The van der Waals surface area contributed by atoms with Gasteiger partial charge in [-0.1, -0.05) is 0 Å². The van der Waals surface area contributed by atoms with E-state index < -0.39 is 0 Å². The van der Waals surface area contributed by atoms with Crippen LogP contribution in [0.5, 0.6) is 0 Å². The summed E-state index contributed by atoms with van der Waals surface area (Å²) in [6, 6.07) is 5.47. The van der Waals surface area contributed by atoms with Crippen LogP contribution in [-0.4, -0.2) is 34.9 Å². The predicted octanol–water partition coefficient (Wildman–Crippen LogP) is 1.30. The van der Waals surface area contributed by atoms with Crippen LogP contribution in [0.2, 0.25) is 0 Å². The molecule has 1 saturated heterocycles. The maximum atomic E-state index is 12.4. The summed E-state index contributed by atoms with van der Waals surface area (Å²) in [7, 11) is 0. The van der Waals surface area contributed by atoms with Crippen molar-refractivity contribution in [3.05, 3.63) is 29.6 Å². The Balaban J connectivity index is 2.14. The Hall–Kier alpha value is -1.93. The summed E-state index contributed by atoms with van der Waals surface area (Å²) >= 11 is 0. The average Bonchev–Trinajstić information content (AvgIpc) is 2.47. The molecule has 1 amide bonds. The SMILES string of the molecule is N#Cc1ccc(C(=O)N2CCCCC2CCN)nc1. The van der Waals surface area contributed by atoms with Crippen LogP contribution in [0.1, 0.15) is 41.7 Å². The summed E-state index contributed by atoms with van der Waals surface area (Å²) in [5, 5.41) is 8.73. The number of piperidine rings is 1. The van der Waals surface area contributed by atoms with Crippen molar-refractivity contribution in [2.24, 2.45) is 5.73 Å². The van der Waals surface area contributed by atoms with Gasteiger partial charge in [-0.2, -0.15) is 5.26 Å². The summed E-state index contributed by atoms with van der Waals surface area (Å²) in [5.41, 5.74) is 6.48. The summed E-state index contributed by atoms with van der Waals surface area (Å²) in [6.07, 6.45) is 5.47. The van der Waals surface area contributed by atoms with E-state index in [4.69, 9.17) is 11.0 Å². The van der Waals surface area contributed by atoms with Crippen molar-refractivity contribution in [1.82, 2.24) is 9.88 Å². The molecule has 1 fully saturated rings. The van der Waals surface area contributed by atoms with Crippen molar-refractivity contribution in [1.29, 1.82) is 5.26 Å². The standard InChI is InChI=1S/C14H18N4O/c15-7-6-12-3-1-2-8-18(12)14(19)13-5-4-11(9-16)10-17-13/h4-5,10,12H,1-3,6-8,15H2. The van der Waals surface area contributed by atoms with E-state index in [0.29, 0.717) is 17.8 Å². The van der Waals surface area contributed by atoms with Crippen molar-refractivity contribution in [2.75, 3.05) is 13.1 Å². The number of carbonyl (C=O) groups is 1. The number of aromatic nitrogens is 1. The molecular weight excluding hydrogens is 240 g/mol. The minimum atomic E-state index is -0.0531. The van der Waals surface area contributed by atoms with Gasteiger partial charge in [0, 0.05) is 18.8 Å². The van der Waals surface area contributed by atoms with Crippen molar-refractivity contribution in [3.8, 4) is 6.07 Å². The molecule has 0 bridgehead atoms. The highest BCUT2D eigenvalue weighted by atomic mass is 16.2. The van der Waals surface area contributed by atoms with Gasteiger partial charge in [0.2, 0.25) is 0 Å². The van der Waals surface area contributed by atoms with Gasteiger partial charge < -0.3 is 10.6 Å². The highest BCUT2D eigenvalue weighted by Crippen LogP contribution is 2.21. The van der Waals surface area contributed by atoms with E-state index in [1.165, 1.54) is 6.20 Å². The van der Waals surface area contributed by atoms with Crippen molar-refractivity contribution >= 4 is 5.91 Å². The number of pyridine rings is 1. The number of likely N-dealkylation sites (tertiary alicyclic amines) is 1. The number of hydrogen-bond acceptors (Lipinski definition) is 4. The lowest BCUT2D eigenvalue weighted by Crippen LogP contribution is -2.44. The lowest BCUT2D eigenvalue weighted by Gasteiger charge is -2.35. The lowest BCUT2D eigenvalue weighted by atomic mass is 9.99. The van der Waals surface area contributed by atoms with Gasteiger partial charge in [-0.05, 0) is 44.4 Å². The Morgan fingerprint density at radius 3 is 3.00 bits per heavy atom. The van der Waals surface area contributed by atoms with Gasteiger partial charge in [0.05, 0.1) is 5.56 Å². The zero-order valence-electron chi connectivity index (χ0n) is 10.9. The van der Waals surface area contributed by atoms with Crippen LogP contribution < -0.4 is 5.73 Å². The van der Waals surface area contributed by atoms with E-state index in [9.17, 15) is 4.79 Å². The zero-order valence-corrected chi connectivity index (χ0v) is 10.9.